The van der Waals surface area contributed by atoms with Gasteiger partial charge in [0.2, 0.25) is 5.91 Å². The number of benzene rings is 3. The Kier molecular flexibility index (Phi) is 11.3. The molecule has 0 bridgehead atoms. The molecule has 1 unspecified atom stereocenters. The molecule has 3 amide bonds. The first-order valence-electron chi connectivity index (χ1n) is 18.1. The molecule has 11 nitrogen and oxygen atoms in total. The number of β-amino-alcohol motifs (C(OH)–C–C–N with tert-alkyl or cyclic N) is 1. The summed E-state index contributed by atoms with van der Waals surface area (Å²) in [5, 5.41) is 27.6. The first-order chi connectivity index (χ1) is 25.4. The number of pyridine rings is 1. The van der Waals surface area contributed by atoms with Crippen molar-refractivity contribution in [3.63, 3.8) is 0 Å². The standard InChI is InChI=1S/C42H49N5O6/c1-41(2,3)37(44-40(52)53-4)38(50)45-46(26-29-17-19-30(20-18-29)33-16-10-11-22-43-33)23-21-42(25-28-12-6-5-7-13-28)35(49)27-47(39(42)51)36-32-15-9-8-14-31(32)24-34(36)48/h5-20,22,34-37,48-49H,21,23-27H2,1-4H3,(H,44,52)(H,45,50)/t34-,35-,36?,37-,42+/m1/s1. The predicted octanol–water partition coefficient (Wildman–Crippen LogP) is 4.83. The quantitative estimate of drug-likeness (QED) is 0.153. The van der Waals surface area contributed by atoms with Crippen molar-refractivity contribution in [1.29, 1.82) is 0 Å². The lowest BCUT2D eigenvalue weighted by atomic mass is 9.75. The molecule has 3 aromatic carbocycles. The fourth-order valence-corrected chi connectivity index (χ4v) is 7.67. The van der Waals surface area contributed by atoms with Crippen molar-refractivity contribution in [2.24, 2.45) is 10.8 Å². The minimum Gasteiger partial charge on any atom is -0.453 e. The van der Waals surface area contributed by atoms with Gasteiger partial charge in [-0.25, -0.2) is 9.80 Å². The number of aliphatic hydroxyl groups is 2. The number of carbonyl (C=O) groups is 3. The number of carbonyl (C=O) groups excluding carboxylic acids is 3. The van der Waals surface area contributed by atoms with Crippen LogP contribution in [0.1, 0.15) is 55.5 Å². The SMILES string of the molecule is COC(=O)N[C@H](C(=O)NN(CC[C@@]1(Cc2ccccc2)C(=O)N(C2c3ccccc3C[C@H]2O)C[C@H]1O)Cc1ccc(-c2ccccn2)cc1)C(C)(C)C. The Labute approximate surface area is 311 Å². The fraction of sp³-hybridized carbons (Fsp3) is 0.381. The highest BCUT2D eigenvalue weighted by Gasteiger charge is 2.56. The van der Waals surface area contributed by atoms with E-state index >= 15 is 0 Å². The number of alkyl carbamates (subject to hydrolysis) is 1. The van der Waals surface area contributed by atoms with Crippen molar-refractivity contribution >= 4 is 17.9 Å². The van der Waals surface area contributed by atoms with Crippen LogP contribution < -0.4 is 10.7 Å². The number of rotatable bonds is 12. The van der Waals surface area contributed by atoms with Gasteiger partial charge in [-0.3, -0.25) is 20.0 Å². The summed E-state index contributed by atoms with van der Waals surface area (Å²) in [6.07, 6.45) is 0.0651. The monoisotopic (exact) mass is 719 g/mol. The molecule has 6 rings (SSSR count). The third-order valence-corrected chi connectivity index (χ3v) is 10.5. The molecule has 11 heteroatoms. The van der Waals surface area contributed by atoms with Crippen molar-refractivity contribution in [2.45, 2.75) is 70.9 Å². The van der Waals surface area contributed by atoms with Crippen molar-refractivity contribution < 1.29 is 29.3 Å². The normalized spacial score (nSPS) is 21.7. The van der Waals surface area contributed by atoms with Crippen molar-refractivity contribution in [3.8, 4) is 11.3 Å². The first kappa shape index (κ1) is 37.7. The van der Waals surface area contributed by atoms with Gasteiger partial charge in [-0.15, -0.1) is 0 Å². The Morgan fingerprint density at radius 2 is 1.66 bits per heavy atom. The largest absolute Gasteiger partial charge is 0.453 e. The Hall–Kier alpha value is -5.10. The first-order valence-corrected chi connectivity index (χ1v) is 18.1. The third-order valence-electron chi connectivity index (χ3n) is 10.5. The molecular formula is C42H49N5O6. The lowest BCUT2D eigenvalue weighted by molar-refractivity contribution is -0.142. The number of fused-ring (bicyclic) bond motifs is 1. The van der Waals surface area contributed by atoms with E-state index < -0.39 is 47.1 Å². The number of hydrogen-bond donors (Lipinski definition) is 4. The van der Waals surface area contributed by atoms with Crippen LogP contribution in [0.5, 0.6) is 0 Å². The van der Waals surface area contributed by atoms with E-state index in [2.05, 4.69) is 15.7 Å². The summed E-state index contributed by atoms with van der Waals surface area (Å²) in [5.74, 6) is -0.684. The van der Waals surface area contributed by atoms with Gasteiger partial charge in [-0.2, -0.15) is 0 Å². The Morgan fingerprint density at radius 1 is 0.962 bits per heavy atom. The Morgan fingerprint density at radius 3 is 2.34 bits per heavy atom. The lowest BCUT2D eigenvalue weighted by Gasteiger charge is -2.36. The van der Waals surface area contributed by atoms with Crippen LogP contribution >= 0.6 is 0 Å². The van der Waals surface area contributed by atoms with E-state index in [4.69, 9.17) is 4.74 Å². The minimum atomic E-state index is -1.25. The van der Waals surface area contributed by atoms with Crippen LogP contribution in [0.3, 0.4) is 0 Å². The maximum Gasteiger partial charge on any atom is 0.407 e. The number of likely N-dealkylation sites (tertiary alicyclic amines) is 1. The number of aliphatic hydroxyl groups excluding tert-OH is 2. The molecular weight excluding hydrogens is 670 g/mol. The van der Waals surface area contributed by atoms with Gasteiger partial charge in [-0.1, -0.05) is 106 Å². The Bertz CT molecular complexity index is 1880. The average molecular weight is 720 g/mol. The molecule has 278 valence electrons. The molecule has 2 aliphatic rings. The summed E-state index contributed by atoms with van der Waals surface area (Å²) < 4.78 is 4.83. The smallest absolute Gasteiger partial charge is 0.407 e. The van der Waals surface area contributed by atoms with E-state index in [-0.39, 0.29) is 38.4 Å². The van der Waals surface area contributed by atoms with Crippen molar-refractivity contribution in [1.82, 2.24) is 25.6 Å². The molecule has 0 spiro atoms. The molecule has 5 atom stereocenters. The number of hydrogen-bond acceptors (Lipinski definition) is 8. The number of nitrogens with zero attached hydrogens (tertiary/aromatic N) is 3. The van der Waals surface area contributed by atoms with Crippen LogP contribution in [0.2, 0.25) is 0 Å². The number of nitrogens with one attached hydrogen (secondary N) is 2. The van der Waals surface area contributed by atoms with Crippen LogP contribution in [-0.4, -0.2) is 81.5 Å². The number of hydrazine groups is 1. The van der Waals surface area contributed by atoms with Gasteiger partial charge in [0.15, 0.2) is 0 Å². The molecule has 1 saturated heterocycles. The molecule has 2 heterocycles. The zero-order valence-corrected chi connectivity index (χ0v) is 30.7. The van der Waals surface area contributed by atoms with Gasteiger partial charge in [-0.05, 0) is 52.6 Å². The summed E-state index contributed by atoms with van der Waals surface area (Å²) in [7, 11) is 1.25. The number of amides is 3. The van der Waals surface area contributed by atoms with Crippen LogP contribution in [0.4, 0.5) is 4.79 Å². The van der Waals surface area contributed by atoms with E-state index in [1.54, 1.807) is 16.1 Å². The van der Waals surface area contributed by atoms with Gasteiger partial charge in [0.25, 0.3) is 5.91 Å². The predicted molar refractivity (Wildman–Crippen MR) is 201 cm³/mol. The summed E-state index contributed by atoms with van der Waals surface area (Å²) in [5.41, 5.74) is 6.56. The molecule has 4 aromatic rings. The maximum absolute atomic E-state index is 14.8. The highest BCUT2D eigenvalue weighted by atomic mass is 16.5. The van der Waals surface area contributed by atoms with E-state index in [0.29, 0.717) is 6.42 Å². The second-order valence-corrected chi connectivity index (χ2v) is 15.2. The minimum absolute atomic E-state index is 0.0677. The van der Waals surface area contributed by atoms with Crippen LogP contribution in [-0.2, 0) is 33.7 Å². The molecule has 1 aromatic heterocycles. The molecule has 0 saturated carbocycles. The second kappa shape index (κ2) is 15.9. The summed E-state index contributed by atoms with van der Waals surface area (Å²) in [6, 6.07) is 29.4. The van der Waals surface area contributed by atoms with Gasteiger partial charge in [0, 0.05) is 37.8 Å². The van der Waals surface area contributed by atoms with Crippen LogP contribution in [0.25, 0.3) is 11.3 Å². The zero-order chi connectivity index (χ0) is 37.8. The Balaban J connectivity index is 1.31. The summed E-state index contributed by atoms with van der Waals surface area (Å²) in [4.78, 5) is 47.2. The van der Waals surface area contributed by atoms with Crippen molar-refractivity contribution in [3.05, 3.63) is 126 Å². The molecule has 53 heavy (non-hydrogen) atoms. The van der Waals surface area contributed by atoms with Gasteiger partial charge in [0.1, 0.15) is 6.04 Å². The van der Waals surface area contributed by atoms with E-state index in [1.165, 1.54) is 7.11 Å². The van der Waals surface area contributed by atoms with Crippen LogP contribution in [0.15, 0.2) is 103 Å². The summed E-state index contributed by atoms with van der Waals surface area (Å²) in [6.45, 7) is 6.07. The maximum atomic E-state index is 14.8. The summed E-state index contributed by atoms with van der Waals surface area (Å²) >= 11 is 0. The fourth-order valence-electron chi connectivity index (χ4n) is 7.67. The second-order valence-electron chi connectivity index (χ2n) is 15.2. The molecule has 1 fully saturated rings. The van der Waals surface area contributed by atoms with E-state index in [1.807, 2.05) is 118 Å². The van der Waals surface area contributed by atoms with Gasteiger partial charge >= 0.3 is 6.09 Å². The number of aromatic nitrogens is 1. The highest BCUT2D eigenvalue weighted by Crippen LogP contribution is 2.46. The van der Waals surface area contributed by atoms with Gasteiger partial charge < -0.3 is 25.2 Å². The third kappa shape index (κ3) is 8.27. The highest BCUT2D eigenvalue weighted by molar-refractivity contribution is 5.87. The molecule has 1 aliphatic heterocycles. The average Bonchev–Trinajstić information content (AvgIpc) is 3.60. The molecule has 4 N–H and O–H groups in total. The van der Waals surface area contributed by atoms with Crippen LogP contribution in [0, 0.1) is 10.8 Å². The molecule has 1 aliphatic carbocycles. The van der Waals surface area contributed by atoms with E-state index in [0.717, 1.165) is 33.5 Å². The zero-order valence-electron chi connectivity index (χ0n) is 30.7. The molecule has 0 radical (unpaired) electrons. The number of ether oxygens (including phenoxy) is 1. The number of methoxy groups -OCH3 is 1. The lowest BCUT2D eigenvalue weighted by Crippen LogP contribution is -2.57. The topological polar surface area (TPSA) is 144 Å². The van der Waals surface area contributed by atoms with Gasteiger partial charge in [0.05, 0.1) is 36.5 Å². The van der Waals surface area contributed by atoms with Crippen molar-refractivity contribution in [2.75, 3.05) is 20.2 Å². The van der Waals surface area contributed by atoms with E-state index in [9.17, 15) is 24.6 Å².